The van der Waals surface area contributed by atoms with Gasteiger partial charge in [0.25, 0.3) is 0 Å². The first-order chi connectivity index (χ1) is 7.74. The fourth-order valence-electron chi connectivity index (χ4n) is 1.72. The van der Waals surface area contributed by atoms with Gasteiger partial charge in [0.2, 0.25) is 0 Å². The van der Waals surface area contributed by atoms with E-state index < -0.39 is 0 Å². The van der Waals surface area contributed by atoms with E-state index in [0.29, 0.717) is 19.3 Å². The zero-order valence-corrected chi connectivity index (χ0v) is 9.93. The monoisotopic (exact) mass is 227 g/mol. The molecule has 1 rings (SSSR count). The third kappa shape index (κ3) is 4.72. The molecule has 0 bridgehead atoms. The fraction of sp³-hybridized carbons (Fsp3) is 0.818. The van der Waals surface area contributed by atoms with Gasteiger partial charge >= 0.3 is 0 Å². The molecule has 0 amide bonds. The van der Waals surface area contributed by atoms with Crippen LogP contribution >= 0.6 is 0 Å². The van der Waals surface area contributed by atoms with Gasteiger partial charge in [0.15, 0.2) is 0 Å². The minimum atomic E-state index is 0.0662. The second-order valence-corrected chi connectivity index (χ2v) is 4.06. The van der Waals surface area contributed by atoms with E-state index in [-0.39, 0.29) is 6.61 Å². The van der Waals surface area contributed by atoms with E-state index in [0.717, 1.165) is 25.9 Å². The molecule has 0 aliphatic carbocycles. The third-order valence-corrected chi connectivity index (χ3v) is 2.45. The van der Waals surface area contributed by atoms with Crippen molar-refractivity contribution >= 4 is 0 Å². The lowest BCUT2D eigenvalue weighted by Crippen LogP contribution is -2.36. The van der Waals surface area contributed by atoms with Gasteiger partial charge in [-0.3, -0.25) is 5.01 Å². The Kier molecular flexibility index (Phi) is 6.03. The largest absolute Gasteiger partial charge is 0.394 e. The van der Waals surface area contributed by atoms with Crippen molar-refractivity contribution in [3.8, 4) is 0 Å². The van der Waals surface area contributed by atoms with Crippen LogP contribution < -0.4 is 0 Å². The van der Waals surface area contributed by atoms with Crippen molar-refractivity contribution < 1.29 is 9.84 Å². The molecule has 1 aliphatic heterocycles. The first-order valence-electron chi connectivity index (χ1n) is 5.71. The molecule has 0 aromatic carbocycles. The summed E-state index contributed by atoms with van der Waals surface area (Å²) >= 11 is 0. The summed E-state index contributed by atoms with van der Waals surface area (Å²) in [4.78, 5) is 0. The Balaban J connectivity index is 2.31. The van der Waals surface area contributed by atoms with Crippen LogP contribution in [0.2, 0.25) is 0 Å². The summed E-state index contributed by atoms with van der Waals surface area (Å²) in [5, 5.41) is 18.7. The highest BCUT2D eigenvalue weighted by atomic mass is 16.5. The van der Waals surface area contributed by atoms with E-state index >= 15 is 0 Å². The number of hydrogen-bond donors (Lipinski definition) is 1. The van der Waals surface area contributed by atoms with Gasteiger partial charge in [-0.25, -0.2) is 0 Å². The second-order valence-electron chi connectivity index (χ2n) is 4.06. The van der Waals surface area contributed by atoms with Crippen molar-refractivity contribution in [2.75, 3.05) is 32.9 Å². The zero-order chi connectivity index (χ0) is 11.8. The second kappa shape index (κ2) is 7.35. The topological polar surface area (TPSA) is 57.4 Å². The first-order valence-corrected chi connectivity index (χ1v) is 5.71. The molecule has 92 valence electrons. The van der Waals surface area contributed by atoms with E-state index in [9.17, 15) is 0 Å². The van der Waals surface area contributed by atoms with Gasteiger partial charge in [-0.2, -0.15) is 5.11 Å². The maximum Gasteiger partial charge on any atom is 0.0698 e. The lowest BCUT2D eigenvalue weighted by atomic mass is 10.0. The fourth-order valence-corrected chi connectivity index (χ4v) is 1.72. The number of rotatable bonds is 7. The molecular formula is C11H21N3O2. The van der Waals surface area contributed by atoms with Crippen LogP contribution in [0.3, 0.4) is 0 Å². The summed E-state index contributed by atoms with van der Waals surface area (Å²) in [6.07, 6.45) is 1.98. The minimum Gasteiger partial charge on any atom is -0.394 e. The maximum absolute atomic E-state index is 8.58. The summed E-state index contributed by atoms with van der Waals surface area (Å²) in [5.74, 6) is 0. The summed E-state index contributed by atoms with van der Waals surface area (Å²) in [7, 11) is 0. The van der Waals surface area contributed by atoms with E-state index in [1.807, 2.05) is 11.9 Å². The van der Waals surface area contributed by atoms with Crippen molar-refractivity contribution in [1.29, 1.82) is 0 Å². The highest BCUT2D eigenvalue weighted by molar-refractivity contribution is 4.93. The van der Waals surface area contributed by atoms with Crippen molar-refractivity contribution in [3.05, 3.63) is 12.2 Å². The SMILES string of the molecule is C=C(C)CC1CCN=NN1CCOCCO. The van der Waals surface area contributed by atoms with Crippen LogP contribution in [0.5, 0.6) is 0 Å². The average Bonchev–Trinajstić information content (AvgIpc) is 2.26. The van der Waals surface area contributed by atoms with Gasteiger partial charge in [0.1, 0.15) is 0 Å². The average molecular weight is 227 g/mol. The summed E-state index contributed by atoms with van der Waals surface area (Å²) in [6, 6.07) is 0.396. The van der Waals surface area contributed by atoms with E-state index in [4.69, 9.17) is 9.84 Å². The Morgan fingerprint density at radius 1 is 1.56 bits per heavy atom. The summed E-state index contributed by atoms with van der Waals surface area (Å²) in [5.41, 5.74) is 1.17. The Labute approximate surface area is 96.8 Å². The molecule has 0 aromatic heterocycles. The van der Waals surface area contributed by atoms with Crippen molar-refractivity contribution in [1.82, 2.24) is 5.01 Å². The number of nitrogens with zero attached hydrogens (tertiary/aromatic N) is 3. The van der Waals surface area contributed by atoms with Crippen LogP contribution in [0, 0.1) is 0 Å². The first kappa shape index (κ1) is 13.1. The van der Waals surface area contributed by atoms with Crippen molar-refractivity contribution in [3.63, 3.8) is 0 Å². The number of ether oxygens (including phenoxy) is 1. The molecule has 0 fully saturated rings. The molecule has 0 saturated heterocycles. The third-order valence-electron chi connectivity index (χ3n) is 2.45. The van der Waals surface area contributed by atoms with Crippen LogP contribution in [0.1, 0.15) is 19.8 Å². The maximum atomic E-state index is 8.58. The molecule has 5 nitrogen and oxygen atoms in total. The Morgan fingerprint density at radius 3 is 3.06 bits per heavy atom. The van der Waals surface area contributed by atoms with Gasteiger partial charge in [0.05, 0.1) is 39.0 Å². The van der Waals surface area contributed by atoms with Gasteiger partial charge in [0, 0.05) is 0 Å². The molecule has 0 aromatic rings. The highest BCUT2D eigenvalue weighted by Crippen LogP contribution is 2.17. The molecular weight excluding hydrogens is 206 g/mol. The molecule has 1 atom stereocenters. The van der Waals surface area contributed by atoms with E-state index in [2.05, 4.69) is 16.9 Å². The lowest BCUT2D eigenvalue weighted by molar-refractivity contribution is 0.0548. The quantitative estimate of drug-likeness (QED) is 0.528. The van der Waals surface area contributed by atoms with E-state index in [1.165, 1.54) is 5.57 Å². The van der Waals surface area contributed by atoms with Crippen LogP contribution in [-0.2, 0) is 4.74 Å². The molecule has 1 N–H and O–H groups in total. The molecule has 1 heterocycles. The lowest BCUT2D eigenvalue weighted by Gasteiger charge is -2.30. The molecule has 1 aliphatic rings. The standard InChI is InChI=1S/C11H21N3O2/c1-10(2)9-11-3-4-12-13-14(11)5-7-16-8-6-15/h11,15H,1,3-9H2,2H3. The van der Waals surface area contributed by atoms with Crippen molar-refractivity contribution in [2.24, 2.45) is 10.3 Å². The Bertz CT molecular complexity index is 243. The van der Waals surface area contributed by atoms with Crippen molar-refractivity contribution in [2.45, 2.75) is 25.8 Å². The molecule has 0 radical (unpaired) electrons. The number of aliphatic hydroxyl groups is 1. The predicted molar refractivity (Wildman–Crippen MR) is 62.2 cm³/mol. The van der Waals surface area contributed by atoms with Gasteiger partial charge in [-0.1, -0.05) is 10.8 Å². The molecule has 1 unspecified atom stereocenters. The highest BCUT2D eigenvalue weighted by Gasteiger charge is 2.19. The molecule has 5 heteroatoms. The number of hydrogen-bond acceptors (Lipinski definition) is 5. The van der Waals surface area contributed by atoms with Crippen LogP contribution in [0.4, 0.5) is 0 Å². The van der Waals surface area contributed by atoms with Crippen LogP contribution in [-0.4, -0.2) is 49.1 Å². The zero-order valence-electron chi connectivity index (χ0n) is 9.93. The normalized spacial score (nSPS) is 20.1. The summed E-state index contributed by atoms with van der Waals surface area (Å²) in [6.45, 7) is 8.51. The summed E-state index contributed by atoms with van der Waals surface area (Å²) < 4.78 is 5.22. The van der Waals surface area contributed by atoms with Gasteiger partial charge in [-0.15, -0.1) is 6.58 Å². The van der Waals surface area contributed by atoms with Gasteiger partial charge < -0.3 is 9.84 Å². The molecule has 0 spiro atoms. The smallest absolute Gasteiger partial charge is 0.0698 e. The number of aliphatic hydroxyl groups excluding tert-OH is 1. The molecule has 0 saturated carbocycles. The minimum absolute atomic E-state index is 0.0662. The predicted octanol–water partition coefficient (Wildman–Crippen LogP) is 1.40. The Morgan fingerprint density at radius 2 is 2.38 bits per heavy atom. The van der Waals surface area contributed by atoms with Crippen LogP contribution in [0.15, 0.2) is 22.5 Å². The van der Waals surface area contributed by atoms with Gasteiger partial charge in [-0.05, 0) is 19.8 Å². The van der Waals surface area contributed by atoms with Crippen LogP contribution in [0.25, 0.3) is 0 Å². The Hall–Kier alpha value is -0.940. The van der Waals surface area contributed by atoms with E-state index in [1.54, 1.807) is 0 Å². The molecule has 16 heavy (non-hydrogen) atoms.